The number of anilines is 1. The molecule has 0 unspecified atom stereocenters. The minimum absolute atomic E-state index is 0.441. The van der Waals surface area contributed by atoms with Crippen molar-refractivity contribution < 1.29 is 9.15 Å². The van der Waals surface area contributed by atoms with Crippen molar-refractivity contribution >= 4 is 5.82 Å². The van der Waals surface area contributed by atoms with Crippen LogP contribution < -0.4 is 10.5 Å². The zero-order valence-corrected chi connectivity index (χ0v) is 10.4. The first-order chi connectivity index (χ1) is 9.29. The van der Waals surface area contributed by atoms with Crippen LogP contribution in [0.2, 0.25) is 0 Å². The maximum absolute atomic E-state index is 5.93. The van der Waals surface area contributed by atoms with Crippen molar-refractivity contribution in [1.82, 2.24) is 10.2 Å². The summed E-state index contributed by atoms with van der Waals surface area (Å²) < 4.78 is 10.5. The molecule has 0 radical (unpaired) electrons. The molecule has 0 aliphatic carbocycles. The fourth-order valence-electron chi connectivity index (χ4n) is 2.01. The highest BCUT2D eigenvalue weighted by molar-refractivity contribution is 5.86. The Balaban J connectivity index is 2.11. The summed E-state index contributed by atoms with van der Waals surface area (Å²) in [5.41, 5.74) is 8.49. The topological polar surface area (TPSA) is 77.1 Å². The molecule has 0 spiro atoms. The van der Waals surface area contributed by atoms with E-state index in [1.807, 2.05) is 36.4 Å². The fourth-order valence-corrected chi connectivity index (χ4v) is 2.01. The van der Waals surface area contributed by atoms with Crippen molar-refractivity contribution in [2.75, 3.05) is 12.8 Å². The van der Waals surface area contributed by atoms with Crippen LogP contribution in [0.15, 0.2) is 47.1 Å². The standard InChI is InChI=1S/C14H13N3O2/c1-18-10-6-4-9(5-7-10)12-13(16-17-14(12)15)11-3-2-8-19-11/h2-8H,1H3,(H3,15,16,17). The van der Waals surface area contributed by atoms with E-state index < -0.39 is 0 Å². The quantitative estimate of drug-likeness (QED) is 0.754. The van der Waals surface area contributed by atoms with Crippen molar-refractivity contribution in [1.29, 1.82) is 0 Å². The fraction of sp³-hybridized carbons (Fsp3) is 0.0714. The average Bonchev–Trinajstić information content (AvgIpc) is 3.08. The van der Waals surface area contributed by atoms with Crippen molar-refractivity contribution in [2.24, 2.45) is 0 Å². The summed E-state index contributed by atoms with van der Waals surface area (Å²) in [4.78, 5) is 0. The highest BCUT2D eigenvalue weighted by Gasteiger charge is 2.16. The number of furan rings is 1. The molecule has 0 aliphatic rings. The summed E-state index contributed by atoms with van der Waals surface area (Å²) in [6.45, 7) is 0. The molecule has 5 heteroatoms. The van der Waals surface area contributed by atoms with E-state index in [1.54, 1.807) is 13.4 Å². The molecule has 0 saturated heterocycles. The Kier molecular flexibility index (Phi) is 2.72. The molecule has 0 atom stereocenters. The van der Waals surface area contributed by atoms with Gasteiger partial charge >= 0.3 is 0 Å². The second kappa shape index (κ2) is 4.53. The zero-order valence-electron chi connectivity index (χ0n) is 10.4. The Hall–Kier alpha value is -2.69. The minimum atomic E-state index is 0.441. The van der Waals surface area contributed by atoms with Crippen LogP contribution in [-0.2, 0) is 0 Å². The summed E-state index contributed by atoms with van der Waals surface area (Å²) in [6, 6.07) is 11.3. The van der Waals surface area contributed by atoms with Crippen LogP contribution in [0.1, 0.15) is 0 Å². The molecular weight excluding hydrogens is 242 g/mol. The summed E-state index contributed by atoms with van der Waals surface area (Å²) in [5.74, 6) is 1.94. The molecule has 0 bridgehead atoms. The number of nitrogens with two attached hydrogens (primary N) is 1. The van der Waals surface area contributed by atoms with Gasteiger partial charge in [0.25, 0.3) is 0 Å². The summed E-state index contributed by atoms with van der Waals surface area (Å²) in [5, 5.41) is 6.96. The first-order valence-corrected chi connectivity index (χ1v) is 5.81. The summed E-state index contributed by atoms with van der Waals surface area (Å²) in [6.07, 6.45) is 1.62. The number of H-pyrrole nitrogens is 1. The van der Waals surface area contributed by atoms with Gasteiger partial charge in [-0.15, -0.1) is 0 Å². The maximum atomic E-state index is 5.93. The van der Waals surface area contributed by atoms with Gasteiger partial charge in [-0.25, -0.2) is 0 Å². The van der Waals surface area contributed by atoms with E-state index in [0.29, 0.717) is 11.6 Å². The number of rotatable bonds is 3. The van der Waals surface area contributed by atoms with Gasteiger partial charge in [-0.05, 0) is 29.8 Å². The number of methoxy groups -OCH3 is 1. The van der Waals surface area contributed by atoms with Gasteiger partial charge in [0, 0.05) is 0 Å². The third-order valence-electron chi connectivity index (χ3n) is 2.94. The van der Waals surface area contributed by atoms with Crippen LogP contribution in [0.3, 0.4) is 0 Å². The van der Waals surface area contributed by atoms with Gasteiger partial charge in [-0.2, -0.15) is 5.10 Å². The molecule has 3 aromatic rings. The largest absolute Gasteiger partial charge is 0.497 e. The number of hydrogen-bond donors (Lipinski definition) is 2. The van der Waals surface area contributed by atoms with Gasteiger partial charge in [-0.3, -0.25) is 5.10 Å². The Labute approximate surface area is 110 Å². The second-order valence-corrected chi connectivity index (χ2v) is 4.06. The van der Waals surface area contributed by atoms with Crippen LogP contribution in [0.5, 0.6) is 5.75 Å². The number of ether oxygens (including phenoxy) is 1. The van der Waals surface area contributed by atoms with Crippen LogP contribution in [0.25, 0.3) is 22.6 Å². The maximum Gasteiger partial charge on any atom is 0.153 e. The lowest BCUT2D eigenvalue weighted by molar-refractivity contribution is 0.415. The number of benzene rings is 1. The van der Waals surface area contributed by atoms with Crippen LogP contribution in [0.4, 0.5) is 5.82 Å². The molecule has 1 aromatic carbocycles. The summed E-state index contributed by atoms with van der Waals surface area (Å²) in [7, 11) is 1.63. The highest BCUT2D eigenvalue weighted by Crippen LogP contribution is 2.35. The number of aromatic amines is 1. The predicted molar refractivity (Wildman–Crippen MR) is 72.7 cm³/mol. The Bertz CT molecular complexity index is 669. The summed E-state index contributed by atoms with van der Waals surface area (Å²) >= 11 is 0. The van der Waals surface area contributed by atoms with Gasteiger partial charge in [0.15, 0.2) is 11.6 Å². The number of aromatic nitrogens is 2. The first-order valence-electron chi connectivity index (χ1n) is 5.81. The highest BCUT2D eigenvalue weighted by atomic mass is 16.5. The predicted octanol–water partition coefficient (Wildman–Crippen LogP) is 2.93. The molecule has 0 fully saturated rings. The monoisotopic (exact) mass is 255 g/mol. The molecule has 2 aromatic heterocycles. The third kappa shape index (κ3) is 1.95. The van der Waals surface area contributed by atoms with Gasteiger partial charge in [0.2, 0.25) is 0 Å². The van der Waals surface area contributed by atoms with Gasteiger partial charge < -0.3 is 14.9 Å². The number of nitrogens with one attached hydrogen (secondary N) is 1. The van der Waals surface area contributed by atoms with E-state index in [2.05, 4.69) is 10.2 Å². The van der Waals surface area contributed by atoms with Crippen LogP contribution in [-0.4, -0.2) is 17.3 Å². The molecule has 96 valence electrons. The first kappa shape index (κ1) is 11.4. The number of nitrogen functional groups attached to an aromatic ring is 1. The molecule has 3 rings (SSSR count). The minimum Gasteiger partial charge on any atom is -0.497 e. The average molecular weight is 255 g/mol. The lowest BCUT2D eigenvalue weighted by atomic mass is 10.0. The smallest absolute Gasteiger partial charge is 0.153 e. The van der Waals surface area contributed by atoms with Crippen molar-refractivity contribution in [3.63, 3.8) is 0 Å². The van der Waals surface area contributed by atoms with Gasteiger partial charge in [0.1, 0.15) is 11.4 Å². The van der Waals surface area contributed by atoms with E-state index >= 15 is 0 Å². The van der Waals surface area contributed by atoms with Crippen molar-refractivity contribution in [2.45, 2.75) is 0 Å². The van der Waals surface area contributed by atoms with Crippen molar-refractivity contribution in [3.05, 3.63) is 42.7 Å². The van der Waals surface area contributed by atoms with Gasteiger partial charge in [0.05, 0.1) is 18.9 Å². The molecule has 3 N–H and O–H groups in total. The molecule has 0 amide bonds. The van der Waals surface area contributed by atoms with E-state index in [4.69, 9.17) is 14.9 Å². The lowest BCUT2D eigenvalue weighted by Crippen LogP contribution is -1.89. The Morgan fingerprint density at radius 2 is 2.00 bits per heavy atom. The molecule has 19 heavy (non-hydrogen) atoms. The number of nitrogens with zero attached hydrogens (tertiary/aromatic N) is 1. The second-order valence-electron chi connectivity index (χ2n) is 4.06. The van der Waals surface area contributed by atoms with Crippen molar-refractivity contribution in [3.8, 4) is 28.3 Å². The van der Waals surface area contributed by atoms with E-state index in [9.17, 15) is 0 Å². The molecular formula is C14H13N3O2. The van der Waals surface area contributed by atoms with Gasteiger partial charge in [-0.1, -0.05) is 12.1 Å². The van der Waals surface area contributed by atoms with Crippen LogP contribution >= 0.6 is 0 Å². The van der Waals surface area contributed by atoms with E-state index in [-0.39, 0.29) is 0 Å². The lowest BCUT2D eigenvalue weighted by Gasteiger charge is -2.04. The van der Waals surface area contributed by atoms with Crippen LogP contribution in [0, 0.1) is 0 Å². The molecule has 0 saturated carbocycles. The molecule has 5 nitrogen and oxygen atoms in total. The Morgan fingerprint density at radius 3 is 2.63 bits per heavy atom. The Morgan fingerprint density at radius 1 is 1.21 bits per heavy atom. The normalized spacial score (nSPS) is 10.6. The zero-order chi connectivity index (χ0) is 13.2. The van der Waals surface area contributed by atoms with E-state index in [1.165, 1.54) is 0 Å². The van der Waals surface area contributed by atoms with E-state index in [0.717, 1.165) is 22.6 Å². The number of hydrogen-bond acceptors (Lipinski definition) is 4. The SMILES string of the molecule is COc1ccc(-c2c(N)n[nH]c2-c2ccco2)cc1. The molecule has 2 heterocycles. The third-order valence-corrected chi connectivity index (χ3v) is 2.94. The molecule has 0 aliphatic heterocycles.